The largest absolute Gasteiger partial charge is 0.360 e. The van der Waals surface area contributed by atoms with Crippen LogP contribution in [0.25, 0.3) is 0 Å². The van der Waals surface area contributed by atoms with Crippen molar-refractivity contribution < 1.29 is 4.79 Å². The first kappa shape index (κ1) is 13.1. The third-order valence-electron chi connectivity index (χ3n) is 3.40. The number of hydrogen-bond acceptors (Lipinski definition) is 5. The quantitative estimate of drug-likeness (QED) is 0.887. The number of carbonyl (C=O) groups is 1. The van der Waals surface area contributed by atoms with Crippen molar-refractivity contribution in [2.75, 3.05) is 17.2 Å². The van der Waals surface area contributed by atoms with E-state index in [4.69, 9.17) is 0 Å². The summed E-state index contributed by atoms with van der Waals surface area (Å²) in [4.78, 5) is 16.3. The Bertz CT molecular complexity index is 625. The second-order valence-electron chi connectivity index (χ2n) is 4.71. The molecule has 3 rings (SSSR count). The molecule has 20 heavy (non-hydrogen) atoms. The van der Waals surface area contributed by atoms with E-state index in [1.165, 1.54) is 11.5 Å². The summed E-state index contributed by atoms with van der Waals surface area (Å²) in [5.41, 5.74) is 2.03. The molecule has 0 fully saturated rings. The van der Waals surface area contributed by atoms with Crippen LogP contribution in [0.1, 0.15) is 30.7 Å². The van der Waals surface area contributed by atoms with Crippen LogP contribution in [-0.2, 0) is 11.2 Å². The molecule has 0 saturated heterocycles. The summed E-state index contributed by atoms with van der Waals surface area (Å²) >= 11 is 1.37. The van der Waals surface area contributed by atoms with Crippen LogP contribution in [0.2, 0.25) is 0 Å². The Kier molecular flexibility index (Phi) is 3.64. The van der Waals surface area contributed by atoms with Crippen LogP contribution in [0.4, 0.5) is 10.8 Å². The van der Waals surface area contributed by atoms with Gasteiger partial charge in [0.2, 0.25) is 11.0 Å². The lowest BCUT2D eigenvalue weighted by Crippen LogP contribution is -2.15. The second-order valence-corrected chi connectivity index (χ2v) is 5.47. The zero-order valence-corrected chi connectivity index (χ0v) is 12.0. The van der Waals surface area contributed by atoms with Gasteiger partial charge >= 0.3 is 0 Å². The SMILES string of the molecule is CCc1nsc(NCCC2C(=O)Nc3ccccc32)n1. The smallest absolute Gasteiger partial charge is 0.232 e. The topological polar surface area (TPSA) is 66.9 Å². The predicted octanol–water partition coefficient (Wildman–Crippen LogP) is 2.64. The third-order valence-corrected chi connectivity index (χ3v) is 4.11. The Balaban J connectivity index is 1.60. The minimum atomic E-state index is -0.0720. The number of benzene rings is 1. The zero-order valence-electron chi connectivity index (χ0n) is 11.2. The summed E-state index contributed by atoms with van der Waals surface area (Å²) in [6, 6.07) is 7.86. The van der Waals surface area contributed by atoms with E-state index in [1.54, 1.807) is 0 Å². The molecule has 1 aliphatic heterocycles. The highest BCUT2D eigenvalue weighted by Crippen LogP contribution is 2.34. The molecule has 0 spiro atoms. The van der Waals surface area contributed by atoms with Crippen molar-refractivity contribution in [3.8, 4) is 0 Å². The molecule has 2 N–H and O–H groups in total. The van der Waals surface area contributed by atoms with Gasteiger partial charge in [0.1, 0.15) is 5.82 Å². The summed E-state index contributed by atoms with van der Waals surface area (Å²) in [5, 5.41) is 6.99. The fraction of sp³-hybridized carbons (Fsp3) is 0.357. The molecule has 1 atom stereocenters. The average Bonchev–Trinajstić information content (AvgIpc) is 3.04. The normalized spacial score (nSPS) is 16.9. The van der Waals surface area contributed by atoms with E-state index in [0.717, 1.165) is 35.0 Å². The molecule has 1 aromatic heterocycles. The van der Waals surface area contributed by atoms with E-state index >= 15 is 0 Å². The Morgan fingerprint density at radius 2 is 2.25 bits per heavy atom. The fourth-order valence-electron chi connectivity index (χ4n) is 2.36. The number of nitrogens with one attached hydrogen (secondary N) is 2. The number of aryl methyl sites for hydroxylation is 1. The number of aromatic nitrogens is 2. The first-order valence-electron chi connectivity index (χ1n) is 6.74. The van der Waals surface area contributed by atoms with Gasteiger partial charge in [-0.05, 0) is 18.1 Å². The van der Waals surface area contributed by atoms with Crippen molar-refractivity contribution in [1.29, 1.82) is 0 Å². The summed E-state index contributed by atoms with van der Waals surface area (Å²) in [6.07, 6.45) is 1.60. The van der Waals surface area contributed by atoms with Crippen LogP contribution in [-0.4, -0.2) is 21.8 Å². The van der Waals surface area contributed by atoms with Gasteiger partial charge in [-0.1, -0.05) is 25.1 Å². The van der Waals surface area contributed by atoms with E-state index in [0.29, 0.717) is 6.54 Å². The van der Waals surface area contributed by atoms with E-state index in [-0.39, 0.29) is 11.8 Å². The van der Waals surface area contributed by atoms with Gasteiger partial charge in [-0.3, -0.25) is 4.79 Å². The van der Waals surface area contributed by atoms with Gasteiger partial charge in [-0.2, -0.15) is 4.37 Å². The Morgan fingerprint density at radius 1 is 1.40 bits per heavy atom. The molecule has 104 valence electrons. The van der Waals surface area contributed by atoms with Crippen molar-refractivity contribution in [3.63, 3.8) is 0 Å². The predicted molar refractivity (Wildman–Crippen MR) is 80.2 cm³/mol. The van der Waals surface area contributed by atoms with Crippen molar-refractivity contribution >= 4 is 28.3 Å². The Hall–Kier alpha value is -1.95. The molecule has 1 unspecified atom stereocenters. The van der Waals surface area contributed by atoms with E-state index in [2.05, 4.69) is 20.0 Å². The molecule has 6 heteroatoms. The maximum Gasteiger partial charge on any atom is 0.232 e. The summed E-state index contributed by atoms with van der Waals surface area (Å²) in [7, 11) is 0. The van der Waals surface area contributed by atoms with Crippen LogP contribution in [0, 0.1) is 0 Å². The van der Waals surface area contributed by atoms with Crippen molar-refractivity contribution in [2.24, 2.45) is 0 Å². The minimum Gasteiger partial charge on any atom is -0.360 e. The van der Waals surface area contributed by atoms with Crippen molar-refractivity contribution in [3.05, 3.63) is 35.7 Å². The van der Waals surface area contributed by atoms with Crippen LogP contribution >= 0.6 is 11.5 Å². The molecule has 2 aromatic rings. The Morgan fingerprint density at radius 3 is 3.05 bits per heavy atom. The highest BCUT2D eigenvalue weighted by molar-refractivity contribution is 7.09. The Labute approximate surface area is 121 Å². The first-order chi connectivity index (χ1) is 9.78. The lowest BCUT2D eigenvalue weighted by atomic mass is 9.97. The molecular formula is C14H16N4OS. The van der Waals surface area contributed by atoms with Crippen LogP contribution < -0.4 is 10.6 Å². The standard InChI is InChI=1S/C14H16N4OS/c1-2-12-17-14(20-18-12)15-8-7-10-9-5-3-4-6-11(9)16-13(10)19/h3-6,10H,2,7-8H2,1H3,(H,16,19)(H,15,17,18). The van der Waals surface area contributed by atoms with Gasteiger partial charge in [-0.15, -0.1) is 0 Å². The average molecular weight is 288 g/mol. The molecule has 1 aliphatic rings. The maximum atomic E-state index is 12.0. The summed E-state index contributed by atoms with van der Waals surface area (Å²) < 4.78 is 4.22. The number of amides is 1. The van der Waals surface area contributed by atoms with Crippen LogP contribution in [0.15, 0.2) is 24.3 Å². The van der Waals surface area contributed by atoms with Gasteiger partial charge in [0.25, 0.3) is 0 Å². The molecule has 1 amide bonds. The molecular weight excluding hydrogens is 272 g/mol. The first-order valence-corrected chi connectivity index (χ1v) is 7.51. The van der Waals surface area contributed by atoms with Crippen LogP contribution in [0.3, 0.4) is 0 Å². The lowest BCUT2D eigenvalue weighted by Gasteiger charge is -2.08. The molecule has 0 saturated carbocycles. The highest BCUT2D eigenvalue weighted by atomic mass is 32.1. The van der Waals surface area contributed by atoms with Gasteiger partial charge in [0, 0.05) is 30.2 Å². The zero-order chi connectivity index (χ0) is 13.9. The number of nitrogens with zero attached hydrogens (tertiary/aromatic N) is 2. The molecule has 2 heterocycles. The molecule has 0 bridgehead atoms. The van der Waals surface area contributed by atoms with Gasteiger partial charge in [0.15, 0.2) is 0 Å². The van der Waals surface area contributed by atoms with Crippen molar-refractivity contribution in [1.82, 2.24) is 9.36 Å². The van der Waals surface area contributed by atoms with Crippen LogP contribution in [0.5, 0.6) is 0 Å². The maximum absolute atomic E-state index is 12.0. The van der Waals surface area contributed by atoms with E-state index < -0.39 is 0 Å². The number of para-hydroxylation sites is 1. The van der Waals surface area contributed by atoms with E-state index in [9.17, 15) is 4.79 Å². The number of fused-ring (bicyclic) bond motifs is 1. The number of carbonyl (C=O) groups excluding carboxylic acids is 1. The molecule has 0 radical (unpaired) electrons. The summed E-state index contributed by atoms with van der Waals surface area (Å²) in [5.74, 6) is 0.873. The van der Waals surface area contributed by atoms with Gasteiger partial charge in [-0.25, -0.2) is 4.98 Å². The monoisotopic (exact) mass is 288 g/mol. The lowest BCUT2D eigenvalue weighted by molar-refractivity contribution is -0.117. The number of anilines is 2. The van der Waals surface area contributed by atoms with Gasteiger partial charge in [0.05, 0.1) is 5.92 Å². The molecule has 1 aromatic carbocycles. The van der Waals surface area contributed by atoms with E-state index in [1.807, 2.05) is 31.2 Å². The van der Waals surface area contributed by atoms with Crippen molar-refractivity contribution in [2.45, 2.75) is 25.7 Å². The summed E-state index contributed by atoms with van der Waals surface area (Å²) in [6.45, 7) is 2.75. The highest BCUT2D eigenvalue weighted by Gasteiger charge is 2.29. The number of rotatable bonds is 5. The third kappa shape index (κ3) is 2.51. The number of hydrogen-bond donors (Lipinski definition) is 2. The minimum absolute atomic E-state index is 0.0720. The molecule has 5 nitrogen and oxygen atoms in total. The fourth-order valence-corrected chi connectivity index (χ4v) is 3.03. The second kappa shape index (κ2) is 5.58. The molecule has 0 aliphatic carbocycles. The van der Waals surface area contributed by atoms with Gasteiger partial charge < -0.3 is 10.6 Å².